The van der Waals surface area contributed by atoms with Gasteiger partial charge in [-0.3, -0.25) is 19.6 Å². The average Bonchev–Trinajstić information content (AvgIpc) is 3.39. The quantitative estimate of drug-likeness (QED) is 0.215. The maximum Gasteiger partial charge on any atom is 0.245 e. The van der Waals surface area contributed by atoms with Gasteiger partial charge >= 0.3 is 0 Å². The van der Waals surface area contributed by atoms with Gasteiger partial charge in [0.15, 0.2) is 0 Å². The van der Waals surface area contributed by atoms with E-state index in [1.165, 1.54) is 0 Å². The number of piperidine rings is 1. The number of carbonyl (C=O) groups is 3. The Hall–Kier alpha value is -2.50. The highest BCUT2D eigenvalue weighted by molar-refractivity contribution is 7.89. The zero-order valence-corrected chi connectivity index (χ0v) is 24.4. The third-order valence-electron chi connectivity index (χ3n) is 7.85. The first-order valence-electron chi connectivity index (χ1n) is 13.9. The van der Waals surface area contributed by atoms with Crippen molar-refractivity contribution in [2.24, 2.45) is 17.3 Å². The lowest BCUT2D eigenvalue weighted by Gasteiger charge is -2.39. The van der Waals surface area contributed by atoms with E-state index in [4.69, 9.17) is 0 Å². The Kier molecular flexibility index (Phi) is 10.5. The molecule has 3 rings (SSSR count). The summed E-state index contributed by atoms with van der Waals surface area (Å²) in [6.45, 7) is 8.15. The van der Waals surface area contributed by atoms with Crippen molar-refractivity contribution in [1.82, 2.24) is 20.0 Å². The van der Waals surface area contributed by atoms with Crippen LogP contribution in [0.4, 0.5) is 0 Å². The molecule has 0 unspecified atom stereocenters. The van der Waals surface area contributed by atoms with Crippen molar-refractivity contribution >= 4 is 28.2 Å². The Morgan fingerprint density at radius 1 is 1.10 bits per heavy atom. The first kappa shape index (κ1) is 31.0. The van der Waals surface area contributed by atoms with Crippen LogP contribution < -0.4 is 10.0 Å². The number of aryl methyl sites for hydroxylation is 1. The lowest BCUT2D eigenvalue weighted by molar-refractivity contribution is -0.156. The van der Waals surface area contributed by atoms with Crippen molar-refractivity contribution in [2.45, 2.75) is 89.6 Å². The van der Waals surface area contributed by atoms with Crippen molar-refractivity contribution in [3.8, 4) is 0 Å². The molecule has 0 bridgehead atoms. The molecule has 218 valence electrons. The maximum atomic E-state index is 13.6. The van der Waals surface area contributed by atoms with Crippen LogP contribution in [0.3, 0.4) is 0 Å². The Morgan fingerprint density at radius 3 is 2.23 bits per heavy atom. The molecule has 3 amide bonds. The highest BCUT2D eigenvalue weighted by atomic mass is 32.2. The van der Waals surface area contributed by atoms with Gasteiger partial charge in [-0.25, -0.2) is 18.2 Å². The molecule has 2 fully saturated rings. The summed E-state index contributed by atoms with van der Waals surface area (Å²) in [5.74, 6) is -0.835. The highest BCUT2D eigenvalue weighted by Gasteiger charge is 2.39. The summed E-state index contributed by atoms with van der Waals surface area (Å²) in [5.41, 5.74) is 0.390. The molecule has 0 radical (unpaired) electrons. The molecule has 39 heavy (non-hydrogen) atoms. The van der Waals surface area contributed by atoms with Gasteiger partial charge < -0.3 is 10.2 Å². The predicted octanol–water partition coefficient (Wildman–Crippen LogP) is 2.84. The largest absolute Gasteiger partial charge is 0.344 e. The molecule has 1 aliphatic heterocycles. The standard InChI is InChI=1S/C28H44N4O6S/c1-20-9-11-24(12-10-20)39(37,38)30-23-13-15-31(16-14-23)27(35)25(28(2,3)4)29-26(34)22(18-32(36)19-33)17-21-7-5-6-8-21/h9-12,19,21-23,25,30,36H,5-8,13-18H2,1-4H3,(H,29,34)/t22-,25-/m0/s1. The molecular formula is C28H44N4O6S. The molecule has 0 aromatic heterocycles. The predicted molar refractivity (Wildman–Crippen MR) is 147 cm³/mol. The second-order valence-electron chi connectivity index (χ2n) is 12.2. The Labute approximate surface area is 232 Å². The number of hydrogen-bond acceptors (Lipinski definition) is 6. The van der Waals surface area contributed by atoms with Crippen molar-refractivity contribution in [2.75, 3.05) is 19.6 Å². The second kappa shape index (κ2) is 13.2. The summed E-state index contributed by atoms with van der Waals surface area (Å²) in [4.78, 5) is 39.9. The number of sulfonamides is 1. The van der Waals surface area contributed by atoms with Crippen LogP contribution in [0.25, 0.3) is 0 Å². The van der Waals surface area contributed by atoms with Gasteiger partial charge in [0.05, 0.1) is 17.4 Å². The van der Waals surface area contributed by atoms with Gasteiger partial charge in [-0.15, -0.1) is 0 Å². The maximum absolute atomic E-state index is 13.6. The first-order chi connectivity index (χ1) is 18.3. The number of rotatable bonds is 11. The van der Waals surface area contributed by atoms with E-state index in [0.717, 1.165) is 31.2 Å². The van der Waals surface area contributed by atoms with Crippen molar-refractivity contribution in [1.29, 1.82) is 0 Å². The molecule has 2 atom stereocenters. The second-order valence-corrected chi connectivity index (χ2v) is 13.9. The Bertz CT molecular complexity index is 1090. The van der Waals surface area contributed by atoms with E-state index in [2.05, 4.69) is 10.0 Å². The van der Waals surface area contributed by atoms with Crippen molar-refractivity contribution in [3.05, 3.63) is 29.8 Å². The van der Waals surface area contributed by atoms with Crippen LogP contribution in [0.1, 0.15) is 71.3 Å². The molecule has 1 saturated carbocycles. The van der Waals surface area contributed by atoms with E-state index in [1.54, 1.807) is 29.2 Å². The number of carbonyl (C=O) groups excluding carboxylic acids is 3. The minimum Gasteiger partial charge on any atom is -0.344 e. The summed E-state index contributed by atoms with van der Waals surface area (Å²) in [6.07, 6.45) is 6.01. The van der Waals surface area contributed by atoms with E-state index in [9.17, 15) is 28.0 Å². The SMILES string of the molecule is Cc1ccc(S(=O)(=O)NC2CCN(C(=O)[C@H](NC(=O)[C@@H](CC3CCCC3)CN(O)C=O)C(C)(C)C)CC2)cc1. The van der Waals surface area contributed by atoms with E-state index >= 15 is 0 Å². The van der Waals surface area contributed by atoms with E-state index < -0.39 is 27.4 Å². The third-order valence-corrected chi connectivity index (χ3v) is 9.39. The van der Waals surface area contributed by atoms with Gasteiger partial charge in [0.1, 0.15) is 6.04 Å². The molecule has 1 aromatic rings. The van der Waals surface area contributed by atoms with Crippen LogP contribution >= 0.6 is 0 Å². The monoisotopic (exact) mass is 564 g/mol. The van der Waals surface area contributed by atoms with Crippen LogP contribution in [-0.4, -0.2) is 73.5 Å². The van der Waals surface area contributed by atoms with Crippen LogP contribution in [0.15, 0.2) is 29.2 Å². The Morgan fingerprint density at radius 2 is 1.69 bits per heavy atom. The first-order valence-corrected chi connectivity index (χ1v) is 15.4. The molecule has 10 nitrogen and oxygen atoms in total. The molecule has 1 aliphatic carbocycles. The van der Waals surface area contributed by atoms with Gasteiger partial charge in [0.25, 0.3) is 0 Å². The summed E-state index contributed by atoms with van der Waals surface area (Å²) >= 11 is 0. The number of nitrogens with zero attached hydrogens (tertiary/aromatic N) is 2. The fourth-order valence-electron chi connectivity index (χ4n) is 5.50. The van der Waals surface area contributed by atoms with Crippen LogP contribution in [0, 0.1) is 24.2 Å². The Balaban J connectivity index is 1.63. The van der Waals surface area contributed by atoms with E-state index in [0.29, 0.717) is 49.7 Å². The smallest absolute Gasteiger partial charge is 0.245 e. The fraction of sp³-hybridized carbons (Fsp3) is 0.679. The summed E-state index contributed by atoms with van der Waals surface area (Å²) in [6, 6.07) is 5.58. The normalized spacial score (nSPS) is 18.9. The number of nitrogens with one attached hydrogen (secondary N) is 2. The minimum absolute atomic E-state index is 0.122. The van der Waals surface area contributed by atoms with Crippen LogP contribution in [0.2, 0.25) is 0 Å². The third kappa shape index (κ3) is 8.74. The van der Waals surface area contributed by atoms with E-state index in [1.807, 2.05) is 27.7 Å². The van der Waals surface area contributed by atoms with Gasteiger partial charge in [0.2, 0.25) is 28.2 Å². The molecule has 1 aromatic carbocycles. The highest BCUT2D eigenvalue weighted by Crippen LogP contribution is 2.31. The number of hydrogen-bond donors (Lipinski definition) is 3. The number of hydroxylamine groups is 2. The summed E-state index contributed by atoms with van der Waals surface area (Å²) in [7, 11) is -3.66. The van der Waals surface area contributed by atoms with Crippen molar-refractivity contribution in [3.63, 3.8) is 0 Å². The van der Waals surface area contributed by atoms with E-state index in [-0.39, 0.29) is 29.3 Å². The van der Waals surface area contributed by atoms with Gasteiger partial charge in [0, 0.05) is 19.1 Å². The van der Waals surface area contributed by atoms with Gasteiger partial charge in [-0.2, -0.15) is 0 Å². The molecule has 1 heterocycles. The zero-order chi connectivity index (χ0) is 28.8. The van der Waals surface area contributed by atoms with Gasteiger partial charge in [-0.05, 0) is 49.7 Å². The molecular weight excluding hydrogens is 520 g/mol. The molecule has 3 N–H and O–H groups in total. The zero-order valence-electron chi connectivity index (χ0n) is 23.6. The summed E-state index contributed by atoms with van der Waals surface area (Å²) in [5, 5.41) is 13.2. The van der Waals surface area contributed by atoms with Crippen LogP contribution in [0.5, 0.6) is 0 Å². The summed E-state index contributed by atoms with van der Waals surface area (Å²) < 4.78 is 28.3. The molecule has 0 spiro atoms. The molecule has 11 heteroatoms. The average molecular weight is 565 g/mol. The number of amides is 3. The van der Waals surface area contributed by atoms with Crippen molar-refractivity contribution < 1.29 is 28.0 Å². The fourth-order valence-corrected chi connectivity index (χ4v) is 6.80. The minimum atomic E-state index is -3.66. The molecule has 1 saturated heterocycles. The number of likely N-dealkylation sites (tertiary alicyclic amines) is 1. The topological polar surface area (TPSA) is 136 Å². The van der Waals surface area contributed by atoms with Crippen LogP contribution in [-0.2, 0) is 24.4 Å². The van der Waals surface area contributed by atoms with Gasteiger partial charge in [-0.1, -0.05) is 64.2 Å². The molecule has 2 aliphatic rings. The lowest BCUT2D eigenvalue weighted by atomic mass is 9.84. The number of benzene rings is 1. The lowest BCUT2D eigenvalue weighted by Crippen LogP contribution is -2.58.